The zero-order valence-electron chi connectivity index (χ0n) is 21.9. The SMILES string of the molecule is COc1ccc(C(C#N)(CCCC2Cc3cc(OC)c(OC)cc3C=[N+]2C)C(C)C)cc1OC.[Cl-]. The van der Waals surface area contributed by atoms with Gasteiger partial charge in [0.2, 0.25) is 0 Å². The van der Waals surface area contributed by atoms with Gasteiger partial charge in [0.15, 0.2) is 35.3 Å². The molecular formula is C28H37ClN2O4. The molecule has 3 rings (SSSR count). The topological polar surface area (TPSA) is 63.7 Å². The maximum Gasteiger partial charge on any atom is 0.171 e. The first-order valence-corrected chi connectivity index (χ1v) is 11.8. The molecule has 2 aromatic carbocycles. The third-order valence-corrected chi connectivity index (χ3v) is 7.21. The number of halogens is 1. The van der Waals surface area contributed by atoms with Crippen LogP contribution in [0.1, 0.15) is 49.8 Å². The lowest BCUT2D eigenvalue weighted by Gasteiger charge is -2.32. The second-order valence-corrected chi connectivity index (χ2v) is 9.26. The average molecular weight is 501 g/mol. The summed E-state index contributed by atoms with van der Waals surface area (Å²) in [5.41, 5.74) is 2.81. The Bertz CT molecular complexity index is 1090. The fourth-order valence-electron chi connectivity index (χ4n) is 5.01. The maximum absolute atomic E-state index is 10.4. The number of nitriles is 1. The number of rotatable bonds is 10. The number of hydrogen-bond acceptors (Lipinski definition) is 5. The minimum Gasteiger partial charge on any atom is -1.00 e. The van der Waals surface area contributed by atoms with Crippen LogP contribution in [0, 0.1) is 17.2 Å². The molecule has 1 heterocycles. The van der Waals surface area contributed by atoms with Crippen molar-refractivity contribution < 1.29 is 35.9 Å². The summed E-state index contributed by atoms with van der Waals surface area (Å²) in [6.45, 7) is 4.24. The monoisotopic (exact) mass is 500 g/mol. The Labute approximate surface area is 215 Å². The third-order valence-electron chi connectivity index (χ3n) is 7.21. The van der Waals surface area contributed by atoms with E-state index in [2.05, 4.69) is 43.8 Å². The largest absolute Gasteiger partial charge is 1.00 e. The van der Waals surface area contributed by atoms with E-state index in [0.29, 0.717) is 17.5 Å². The quantitative estimate of drug-likeness (QED) is 0.467. The van der Waals surface area contributed by atoms with Crippen LogP contribution >= 0.6 is 0 Å². The van der Waals surface area contributed by atoms with E-state index in [1.54, 1.807) is 28.4 Å². The van der Waals surface area contributed by atoms with E-state index < -0.39 is 5.41 Å². The fourth-order valence-corrected chi connectivity index (χ4v) is 5.01. The number of fused-ring (bicyclic) bond motifs is 1. The first kappa shape index (κ1) is 28.3. The molecule has 0 amide bonds. The van der Waals surface area contributed by atoms with Gasteiger partial charge in [0.05, 0.1) is 39.9 Å². The normalized spacial score (nSPS) is 16.2. The summed E-state index contributed by atoms with van der Waals surface area (Å²) in [4.78, 5) is 0. The van der Waals surface area contributed by atoms with E-state index in [1.165, 1.54) is 5.56 Å². The number of ether oxygens (including phenoxy) is 4. The predicted octanol–water partition coefficient (Wildman–Crippen LogP) is 2.00. The smallest absolute Gasteiger partial charge is 0.171 e. The molecule has 6 nitrogen and oxygen atoms in total. The van der Waals surface area contributed by atoms with Gasteiger partial charge in [0, 0.05) is 18.4 Å². The Morgan fingerprint density at radius 2 is 1.57 bits per heavy atom. The van der Waals surface area contributed by atoms with Crippen molar-refractivity contribution in [1.82, 2.24) is 0 Å². The average Bonchev–Trinajstić information content (AvgIpc) is 2.85. The summed E-state index contributed by atoms with van der Waals surface area (Å²) in [5, 5.41) is 10.4. The van der Waals surface area contributed by atoms with Crippen molar-refractivity contribution >= 4 is 6.21 Å². The first-order chi connectivity index (χ1) is 16.3. The van der Waals surface area contributed by atoms with Gasteiger partial charge in [-0.05, 0) is 54.2 Å². The Kier molecular flexibility index (Phi) is 9.85. The maximum atomic E-state index is 10.4. The minimum atomic E-state index is -0.592. The number of hydrogen-bond donors (Lipinski definition) is 0. The highest BCUT2D eigenvalue weighted by atomic mass is 35.5. The molecule has 0 N–H and O–H groups in total. The van der Waals surface area contributed by atoms with E-state index in [-0.39, 0.29) is 18.3 Å². The van der Waals surface area contributed by atoms with Crippen molar-refractivity contribution in [3.05, 3.63) is 47.0 Å². The summed E-state index contributed by atoms with van der Waals surface area (Å²) in [6.07, 6.45) is 5.82. The molecule has 7 heteroatoms. The summed E-state index contributed by atoms with van der Waals surface area (Å²) in [6, 6.07) is 13.0. The van der Waals surface area contributed by atoms with E-state index >= 15 is 0 Å². The Balaban J connectivity index is 0.00000432. The zero-order valence-corrected chi connectivity index (χ0v) is 22.6. The van der Waals surface area contributed by atoms with Crippen LogP contribution in [0.3, 0.4) is 0 Å². The lowest BCUT2D eigenvalue weighted by Crippen LogP contribution is -3.00. The van der Waals surface area contributed by atoms with Crippen LogP contribution in [0.25, 0.3) is 0 Å². The number of nitrogens with zero attached hydrogens (tertiary/aromatic N) is 2. The second-order valence-electron chi connectivity index (χ2n) is 9.26. The molecule has 1 aliphatic heterocycles. The predicted molar refractivity (Wildman–Crippen MR) is 134 cm³/mol. The molecule has 0 bridgehead atoms. The van der Waals surface area contributed by atoms with Gasteiger partial charge in [-0.25, -0.2) is 4.58 Å². The van der Waals surface area contributed by atoms with Crippen molar-refractivity contribution in [3.8, 4) is 29.1 Å². The van der Waals surface area contributed by atoms with E-state index in [1.807, 2.05) is 24.3 Å². The molecule has 0 radical (unpaired) electrons. The van der Waals surface area contributed by atoms with Crippen molar-refractivity contribution in [2.75, 3.05) is 35.5 Å². The number of likely N-dealkylation sites (N-methyl/N-ethyl adjacent to an activating group) is 1. The van der Waals surface area contributed by atoms with Gasteiger partial charge >= 0.3 is 0 Å². The van der Waals surface area contributed by atoms with Crippen LogP contribution in [-0.2, 0) is 11.8 Å². The number of benzene rings is 2. The Morgan fingerprint density at radius 1 is 0.971 bits per heavy atom. The summed E-state index contributed by atoms with van der Waals surface area (Å²) < 4.78 is 24.2. The van der Waals surface area contributed by atoms with Gasteiger partial charge in [-0.2, -0.15) is 5.26 Å². The molecule has 0 aliphatic carbocycles. The molecule has 190 valence electrons. The summed E-state index contributed by atoms with van der Waals surface area (Å²) >= 11 is 0. The highest BCUT2D eigenvalue weighted by Crippen LogP contribution is 2.41. The minimum absolute atomic E-state index is 0. The van der Waals surface area contributed by atoms with Crippen LogP contribution in [0.5, 0.6) is 23.0 Å². The molecule has 2 aromatic rings. The highest BCUT2D eigenvalue weighted by molar-refractivity contribution is 5.80. The molecule has 0 saturated carbocycles. The van der Waals surface area contributed by atoms with E-state index in [9.17, 15) is 5.26 Å². The van der Waals surface area contributed by atoms with Crippen molar-refractivity contribution in [1.29, 1.82) is 5.26 Å². The molecule has 0 saturated heterocycles. The molecule has 0 spiro atoms. The summed E-state index contributed by atoms with van der Waals surface area (Å²) in [5.74, 6) is 2.99. The lowest BCUT2D eigenvalue weighted by molar-refractivity contribution is -0.536. The van der Waals surface area contributed by atoms with Gasteiger partial charge in [0.25, 0.3) is 0 Å². The van der Waals surface area contributed by atoms with Crippen LogP contribution in [-0.4, -0.2) is 52.3 Å². The number of methoxy groups -OCH3 is 4. The van der Waals surface area contributed by atoms with Crippen molar-refractivity contribution in [2.45, 2.75) is 51.0 Å². The van der Waals surface area contributed by atoms with Crippen molar-refractivity contribution in [2.24, 2.45) is 5.92 Å². The second kappa shape index (κ2) is 12.2. The highest BCUT2D eigenvalue weighted by Gasteiger charge is 2.37. The van der Waals surface area contributed by atoms with Gasteiger partial charge in [-0.1, -0.05) is 19.9 Å². The summed E-state index contributed by atoms with van der Waals surface area (Å²) in [7, 11) is 8.71. The molecular weight excluding hydrogens is 464 g/mol. The molecule has 35 heavy (non-hydrogen) atoms. The fraction of sp³-hybridized carbons (Fsp3) is 0.500. The molecule has 2 unspecified atom stereocenters. The Hall–Kier alpha value is -2.91. The van der Waals surface area contributed by atoms with Crippen molar-refractivity contribution in [3.63, 3.8) is 0 Å². The first-order valence-electron chi connectivity index (χ1n) is 11.8. The lowest BCUT2D eigenvalue weighted by atomic mass is 9.69. The standard InChI is InChI=1S/C28H37N2O4.ClH/c1-19(2)28(18-29,22-10-11-24(31-4)27(16-22)34-7)12-8-9-23-13-20-14-25(32-5)26(33-6)15-21(20)17-30(23)3;/h10-11,14-17,19,23H,8-9,12-13H2,1-7H3;1H/q+1;/p-1. The van der Waals surface area contributed by atoms with Crippen LogP contribution in [0.4, 0.5) is 0 Å². The zero-order chi connectivity index (χ0) is 24.9. The van der Waals surface area contributed by atoms with Crippen LogP contribution in [0.15, 0.2) is 30.3 Å². The van der Waals surface area contributed by atoms with Crippen LogP contribution < -0.4 is 31.4 Å². The van der Waals surface area contributed by atoms with E-state index in [4.69, 9.17) is 18.9 Å². The molecule has 0 fully saturated rings. The van der Waals surface area contributed by atoms with Gasteiger partial charge in [-0.3, -0.25) is 0 Å². The van der Waals surface area contributed by atoms with Crippen LogP contribution in [0.2, 0.25) is 0 Å². The van der Waals surface area contributed by atoms with Gasteiger partial charge in [-0.15, -0.1) is 0 Å². The molecule has 0 aromatic heterocycles. The molecule has 1 aliphatic rings. The van der Waals surface area contributed by atoms with E-state index in [0.717, 1.165) is 48.3 Å². The third kappa shape index (κ3) is 5.67. The van der Waals surface area contributed by atoms with Gasteiger partial charge in [0.1, 0.15) is 7.05 Å². The van der Waals surface area contributed by atoms with Gasteiger partial charge < -0.3 is 31.4 Å². The Morgan fingerprint density at radius 3 is 2.14 bits per heavy atom. The molecule has 2 atom stereocenters.